The van der Waals surface area contributed by atoms with Crippen LogP contribution in [0.15, 0.2) is 48.6 Å². The molecular formula is C26H19F9N4O6. The van der Waals surface area contributed by atoms with Crippen LogP contribution in [0.25, 0.3) is 9.69 Å². The molecule has 242 valence electrons. The second-order valence-corrected chi connectivity index (χ2v) is 8.77. The highest BCUT2D eigenvalue weighted by molar-refractivity contribution is 6.03. The molecular weight excluding hydrogens is 635 g/mol. The molecule has 1 aliphatic heterocycles. The predicted octanol–water partition coefficient (Wildman–Crippen LogP) is 7.32. The molecule has 10 nitrogen and oxygen atoms in total. The maximum Gasteiger partial charge on any atom is 0.494 e. The number of benzene rings is 2. The summed E-state index contributed by atoms with van der Waals surface area (Å²) in [6.07, 6.45) is -14.4. The van der Waals surface area contributed by atoms with E-state index in [1.165, 1.54) is 19.1 Å². The van der Waals surface area contributed by atoms with Gasteiger partial charge in [-0.2, -0.15) is 44.8 Å². The number of alkyl halides is 9. The first kappa shape index (κ1) is 37.9. The SMILES string of the molecule is O=C(OO)C(F)(F)F.[C-]#[N+]c1ccc(NC(=O)C(=C)C)cc1C(F)(F)F.[C-]#[N+]c1ccc(NC(=O)C2(C)CO2)cc1C(F)(F)F. The molecule has 1 aliphatic rings. The van der Waals surface area contributed by atoms with E-state index in [2.05, 4.69) is 31.8 Å². The minimum Gasteiger partial charge on any atom is -0.359 e. The Morgan fingerprint density at radius 2 is 1.29 bits per heavy atom. The van der Waals surface area contributed by atoms with E-state index in [1.807, 2.05) is 0 Å². The van der Waals surface area contributed by atoms with Crippen molar-refractivity contribution in [3.8, 4) is 0 Å². The van der Waals surface area contributed by atoms with Gasteiger partial charge in [0.25, 0.3) is 11.8 Å². The van der Waals surface area contributed by atoms with E-state index in [1.54, 1.807) is 6.92 Å². The van der Waals surface area contributed by atoms with Gasteiger partial charge < -0.3 is 15.4 Å². The number of hydrogen-bond acceptors (Lipinski definition) is 6. The fraction of sp³-hybridized carbons (Fsp3) is 0.269. The molecule has 0 bridgehead atoms. The van der Waals surface area contributed by atoms with Crippen LogP contribution >= 0.6 is 0 Å². The van der Waals surface area contributed by atoms with Crippen molar-refractivity contribution in [1.82, 2.24) is 0 Å². The van der Waals surface area contributed by atoms with Crippen LogP contribution in [0.2, 0.25) is 0 Å². The first-order valence-electron chi connectivity index (χ1n) is 11.5. The molecule has 2 aromatic carbocycles. The molecule has 2 amide bonds. The molecule has 1 atom stereocenters. The first-order valence-corrected chi connectivity index (χ1v) is 11.5. The summed E-state index contributed by atoms with van der Waals surface area (Å²) < 4.78 is 113. The number of carbonyl (C=O) groups is 3. The van der Waals surface area contributed by atoms with Crippen LogP contribution < -0.4 is 10.6 Å². The number of nitrogens with one attached hydrogen (secondary N) is 2. The summed E-state index contributed by atoms with van der Waals surface area (Å²) in [6, 6.07) is 6.02. The number of halogens is 9. The summed E-state index contributed by atoms with van der Waals surface area (Å²) in [5, 5.41) is 11.7. The van der Waals surface area contributed by atoms with Crippen molar-refractivity contribution in [3.63, 3.8) is 0 Å². The zero-order chi connectivity index (χ0) is 35.0. The largest absolute Gasteiger partial charge is 0.494 e. The molecule has 1 saturated heterocycles. The highest BCUT2D eigenvalue weighted by Gasteiger charge is 2.47. The molecule has 0 saturated carbocycles. The van der Waals surface area contributed by atoms with E-state index < -0.39 is 64.4 Å². The molecule has 0 radical (unpaired) electrons. The maximum atomic E-state index is 12.7. The molecule has 19 heteroatoms. The standard InChI is InChI=1S/C12H9F3N2O2.C12H9F3N2O.C2HF3O3/c1-11(6-19-11)10(18)17-7-3-4-9(16-2)8(5-7)12(13,14)15;1-7(2)11(18)17-8-4-5-10(16-3)9(6-8)12(13,14)15;3-2(4,5)1(6)8-7/h3-5H,6H2,1H3,(H,17,18);4-6H,1H2,2H3,(H,17,18);7H. The smallest absolute Gasteiger partial charge is 0.359 e. The Bertz CT molecular complexity index is 1530. The van der Waals surface area contributed by atoms with E-state index >= 15 is 0 Å². The fourth-order valence-corrected chi connectivity index (χ4v) is 2.67. The van der Waals surface area contributed by atoms with Crippen molar-refractivity contribution < 1.29 is 68.8 Å². The van der Waals surface area contributed by atoms with Crippen LogP contribution in [0.5, 0.6) is 0 Å². The third kappa shape index (κ3) is 11.5. The lowest BCUT2D eigenvalue weighted by Crippen LogP contribution is -2.28. The molecule has 1 fully saturated rings. The number of anilines is 2. The molecule has 1 heterocycles. The second kappa shape index (κ2) is 14.6. The summed E-state index contributed by atoms with van der Waals surface area (Å²) in [7, 11) is 0. The zero-order valence-electron chi connectivity index (χ0n) is 22.7. The van der Waals surface area contributed by atoms with Gasteiger partial charge in [-0.1, -0.05) is 18.7 Å². The number of nitrogens with zero attached hydrogens (tertiary/aromatic N) is 2. The Hall–Kier alpha value is -5.14. The summed E-state index contributed by atoms with van der Waals surface area (Å²) in [6.45, 7) is 20.0. The van der Waals surface area contributed by atoms with Gasteiger partial charge in [0.05, 0.1) is 30.9 Å². The number of carbonyl (C=O) groups excluding carboxylic acids is 3. The summed E-state index contributed by atoms with van der Waals surface area (Å²) in [4.78, 5) is 40.1. The molecule has 3 rings (SSSR count). The van der Waals surface area contributed by atoms with Crippen molar-refractivity contribution in [2.75, 3.05) is 17.2 Å². The van der Waals surface area contributed by atoms with Gasteiger partial charge in [0.15, 0.2) is 17.0 Å². The highest BCUT2D eigenvalue weighted by atomic mass is 19.4. The van der Waals surface area contributed by atoms with Gasteiger partial charge >= 0.3 is 24.5 Å². The van der Waals surface area contributed by atoms with Crippen LogP contribution in [0.4, 0.5) is 62.3 Å². The third-order valence-electron chi connectivity index (χ3n) is 5.12. The summed E-state index contributed by atoms with van der Waals surface area (Å²) >= 11 is 0. The van der Waals surface area contributed by atoms with Gasteiger partial charge in [-0.15, -0.1) is 0 Å². The number of epoxide rings is 1. The molecule has 0 aromatic heterocycles. The van der Waals surface area contributed by atoms with Gasteiger partial charge in [-0.05, 0) is 38.1 Å². The molecule has 0 spiro atoms. The van der Waals surface area contributed by atoms with Gasteiger partial charge in [0, 0.05) is 16.9 Å². The highest BCUT2D eigenvalue weighted by Crippen LogP contribution is 2.39. The Balaban J connectivity index is 0.000000366. The first-order chi connectivity index (χ1) is 20.5. The Kier molecular flexibility index (Phi) is 12.3. The minimum atomic E-state index is -5.10. The van der Waals surface area contributed by atoms with E-state index in [9.17, 15) is 53.9 Å². The molecule has 1 unspecified atom stereocenters. The van der Waals surface area contributed by atoms with Gasteiger partial charge in [-0.25, -0.2) is 14.5 Å². The van der Waals surface area contributed by atoms with E-state index in [0.29, 0.717) is 0 Å². The quantitative estimate of drug-likeness (QED) is 0.0793. The van der Waals surface area contributed by atoms with Crippen LogP contribution in [0, 0.1) is 13.1 Å². The number of hydrogen-bond donors (Lipinski definition) is 3. The maximum absolute atomic E-state index is 12.7. The van der Waals surface area contributed by atoms with E-state index in [0.717, 1.165) is 24.3 Å². The van der Waals surface area contributed by atoms with Crippen molar-refractivity contribution >= 4 is 40.5 Å². The van der Waals surface area contributed by atoms with Crippen molar-refractivity contribution in [3.05, 3.63) is 82.5 Å². The number of rotatable bonds is 4. The third-order valence-corrected chi connectivity index (χ3v) is 5.12. The van der Waals surface area contributed by atoms with E-state index in [-0.39, 0.29) is 23.6 Å². The lowest BCUT2D eigenvalue weighted by Gasteiger charge is -2.12. The van der Waals surface area contributed by atoms with Gasteiger partial charge in [-0.3, -0.25) is 14.5 Å². The van der Waals surface area contributed by atoms with Gasteiger partial charge in [0.2, 0.25) is 0 Å². The lowest BCUT2D eigenvalue weighted by molar-refractivity contribution is -0.272. The number of ether oxygens (including phenoxy) is 1. The second-order valence-electron chi connectivity index (χ2n) is 8.77. The Morgan fingerprint density at radius 3 is 1.56 bits per heavy atom. The normalized spacial score (nSPS) is 15.3. The Morgan fingerprint density at radius 1 is 0.889 bits per heavy atom. The van der Waals surface area contributed by atoms with E-state index in [4.69, 9.17) is 23.1 Å². The van der Waals surface area contributed by atoms with Crippen molar-refractivity contribution in [2.24, 2.45) is 0 Å². The Labute approximate surface area is 247 Å². The molecule has 0 aliphatic carbocycles. The van der Waals surface area contributed by atoms with Crippen LogP contribution in [0.1, 0.15) is 25.0 Å². The fourth-order valence-electron chi connectivity index (χ4n) is 2.67. The van der Waals surface area contributed by atoms with Crippen molar-refractivity contribution in [2.45, 2.75) is 38.0 Å². The summed E-state index contributed by atoms with van der Waals surface area (Å²) in [5.74, 6) is -3.69. The average Bonchev–Trinajstić information content (AvgIpc) is 3.70. The number of amides is 2. The lowest BCUT2D eigenvalue weighted by atomic mass is 10.1. The van der Waals surface area contributed by atoms with Crippen molar-refractivity contribution in [1.29, 1.82) is 0 Å². The van der Waals surface area contributed by atoms with Gasteiger partial charge in [0.1, 0.15) is 0 Å². The topological polar surface area (TPSA) is 126 Å². The minimum absolute atomic E-state index is 0.0125. The average molecular weight is 654 g/mol. The van der Waals surface area contributed by atoms with Crippen LogP contribution in [0.3, 0.4) is 0 Å². The predicted molar refractivity (Wildman–Crippen MR) is 137 cm³/mol. The molecule has 2 aromatic rings. The molecule has 3 N–H and O–H groups in total. The molecule has 45 heavy (non-hydrogen) atoms. The monoisotopic (exact) mass is 654 g/mol. The van der Waals surface area contributed by atoms with Crippen LogP contribution in [-0.4, -0.2) is 41.4 Å². The van der Waals surface area contributed by atoms with Crippen LogP contribution in [-0.2, 0) is 36.4 Å². The zero-order valence-corrected chi connectivity index (χ0v) is 22.7. The summed E-state index contributed by atoms with van der Waals surface area (Å²) in [5.41, 5.74) is -3.96.